The Morgan fingerprint density at radius 3 is 3.00 bits per heavy atom. The second-order valence-corrected chi connectivity index (χ2v) is 7.37. The number of nitrogens with two attached hydrogens (primary N) is 1. The highest BCUT2D eigenvalue weighted by molar-refractivity contribution is 5.88. The van der Waals surface area contributed by atoms with E-state index in [0.717, 1.165) is 43.9 Å². The highest BCUT2D eigenvalue weighted by atomic mass is 16.7. The first-order chi connectivity index (χ1) is 12.5. The van der Waals surface area contributed by atoms with E-state index in [-0.39, 0.29) is 11.2 Å². The predicted molar refractivity (Wildman–Crippen MR) is 91.7 cm³/mol. The van der Waals surface area contributed by atoms with Crippen molar-refractivity contribution in [2.75, 3.05) is 19.9 Å². The molecule has 1 fully saturated rings. The number of carbonyl (C=O) groups is 1. The van der Waals surface area contributed by atoms with E-state index in [4.69, 9.17) is 19.7 Å². The van der Waals surface area contributed by atoms with Crippen LogP contribution in [0.15, 0.2) is 22.7 Å². The van der Waals surface area contributed by atoms with Gasteiger partial charge < -0.3 is 19.7 Å². The number of fused-ring (bicyclic) bond motifs is 1. The van der Waals surface area contributed by atoms with Crippen LogP contribution in [0.1, 0.15) is 41.8 Å². The molecule has 2 N–H and O–H groups in total. The van der Waals surface area contributed by atoms with Gasteiger partial charge in [0.15, 0.2) is 11.5 Å². The summed E-state index contributed by atoms with van der Waals surface area (Å²) in [6.07, 6.45) is 3.20. The fourth-order valence-electron chi connectivity index (χ4n) is 3.86. The van der Waals surface area contributed by atoms with Crippen molar-refractivity contribution < 1.29 is 18.8 Å². The molecule has 4 rings (SSSR count). The fraction of sp³-hybridized carbons (Fsp3) is 0.500. The fourth-order valence-corrected chi connectivity index (χ4v) is 3.86. The Balaban J connectivity index is 1.42. The molecule has 26 heavy (non-hydrogen) atoms. The zero-order valence-electron chi connectivity index (χ0n) is 14.7. The molecule has 1 amide bonds. The van der Waals surface area contributed by atoms with Crippen LogP contribution in [-0.4, -0.2) is 40.8 Å². The number of hydrogen-bond donors (Lipinski definition) is 1. The summed E-state index contributed by atoms with van der Waals surface area (Å²) in [6.45, 7) is 4.99. The average molecular weight is 358 g/mol. The molecule has 3 heterocycles. The lowest BCUT2D eigenvalue weighted by Gasteiger charge is -2.40. The summed E-state index contributed by atoms with van der Waals surface area (Å²) in [7, 11) is 0. The van der Waals surface area contributed by atoms with Gasteiger partial charge in [0.1, 0.15) is 0 Å². The molecule has 0 aliphatic carbocycles. The van der Waals surface area contributed by atoms with Gasteiger partial charge in [-0.1, -0.05) is 18.1 Å². The van der Waals surface area contributed by atoms with Crippen molar-refractivity contribution in [2.45, 2.75) is 32.7 Å². The van der Waals surface area contributed by atoms with Crippen LogP contribution in [0.3, 0.4) is 0 Å². The van der Waals surface area contributed by atoms with Crippen LogP contribution in [0.2, 0.25) is 0 Å². The maximum absolute atomic E-state index is 11.1. The normalized spacial score (nSPS) is 22.5. The maximum atomic E-state index is 11.1. The van der Waals surface area contributed by atoms with E-state index in [0.29, 0.717) is 19.2 Å². The number of carbonyl (C=O) groups excluding carboxylic acids is 1. The Hall–Kier alpha value is -2.61. The van der Waals surface area contributed by atoms with Gasteiger partial charge in [0, 0.05) is 6.54 Å². The zero-order valence-corrected chi connectivity index (χ0v) is 14.7. The highest BCUT2D eigenvalue weighted by Gasteiger charge is 2.32. The molecule has 8 heteroatoms. The van der Waals surface area contributed by atoms with Gasteiger partial charge >= 0.3 is 0 Å². The van der Waals surface area contributed by atoms with Crippen LogP contribution < -0.4 is 15.2 Å². The van der Waals surface area contributed by atoms with E-state index in [9.17, 15) is 4.79 Å². The van der Waals surface area contributed by atoms with Crippen molar-refractivity contribution in [3.05, 3.63) is 35.5 Å². The lowest BCUT2D eigenvalue weighted by molar-refractivity contribution is 0.0876. The summed E-state index contributed by atoms with van der Waals surface area (Å²) < 4.78 is 16.0. The maximum Gasteiger partial charge on any atom is 0.290 e. The van der Waals surface area contributed by atoms with Gasteiger partial charge in [-0.15, -0.1) is 0 Å². The van der Waals surface area contributed by atoms with Crippen molar-refractivity contribution in [3.63, 3.8) is 0 Å². The van der Waals surface area contributed by atoms with Crippen LogP contribution in [0, 0.1) is 5.41 Å². The van der Waals surface area contributed by atoms with Gasteiger partial charge in [-0.2, -0.15) is 4.98 Å². The standard InChI is InChI=1S/C18H22N4O4/c1-18(8-12-3-4-13-14(7-12)25-11-24-13)5-2-6-22(10-18)9-15-20-17(16(19)23)21-26-15/h3-4,7H,2,5-6,8-11H2,1H3,(H2,19,23)/t18-/m0/s1. The van der Waals surface area contributed by atoms with E-state index in [1.165, 1.54) is 5.56 Å². The predicted octanol–water partition coefficient (Wildman–Crippen LogP) is 1.74. The molecule has 2 aliphatic heterocycles. The van der Waals surface area contributed by atoms with Crippen LogP contribution in [0.5, 0.6) is 11.5 Å². The Morgan fingerprint density at radius 1 is 1.35 bits per heavy atom. The number of rotatable bonds is 5. The molecule has 0 spiro atoms. The van der Waals surface area contributed by atoms with Gasteiger partial charge in [0.25, 0.3) is 11.7 Å². The van der Waals surface area contributed by atoms with Gasteiger partial charge in [-0.3, -0.25) is 9.69 Å². The monoisotopic (exact) mass is 358 g/mol. The molecule has 0 unspecified atom stereocenters. The van der Waals surface area contributed by atoms with Crippen LogP contribution >= 0.6 is 0 Å². The lowest BCUT2D eigenvalue weighted by Crippen LogP contribution is -2.42. The first kappa shape index (κ1) is 16.8. The summed E-state index contributed by atoms with van der Waals surface area (Å²) in [5, 5.41) is 3.61. The van der Waals surface area contributed by atoms with Gasteiger partial charge in [0.2, 0.25) is 12.7 Å². The van der Waals surface area contributed by atoms with Crippen LogP contribution in [0.25, 0.3) is 0 Å². The van der Waals surface area contributed by atoms with Gasteiger partial charge in [-0.05, 0) is 48.9 Å². The number of aromatic nitrogens is 2. The summed E-state index contributed by atoms with van der Waals surface area (Å²) in [6, 6.07) is 6.16. The SMILES string of the molecule is C[C@@]1(Cc2ccc3c(c2)OCO3)CCCN(Cc2nc(C(N)=O)no2)C1. The molecular formula is C18H22N4O4. The molecule has 138 valence electrons. The Labute approximate surface area is 151 Å². The number of nitrogens with zero attached hydrogens (tertiary/aromatic N) is 3. The largest absolute Gasteiger partial charge is 0.454 e. The third kappa shape index (κ3) is 3.50. The van der Waals surface area contributed by atoms with E-state index in [1.807, 2.05) is 6.07 Å². The smallest absolute Gasteiger partial charge is 0.290 e. The van der Waals surface area contributed by atoms with Crippen molar-refractivity contribution in [2.24, 2.45) is 11.1 Å². The number of amides is 1. The quantitative estimate of drug-likeness (QED) is 0.868. The molecule has 1 aromatic carbocycles. The molecule has 8 nitrogen and oxygen atoms in total. The minimum atomic E-state index is -0.675. The van der Waals surface area contributed by atoms with E-state index in [1.54, 1.807) is 0 Å². The number of likely N-dealkylation sites (tertiary alicyclic amines) is 1. The molecule has 1 saturated heterocycles. The van der Waals surface area contributed by atoms with E-state index >= 15 is 0 Å². The van der Waals surface area contributed by atoms with Gasteiger partial charge in [0.05, 0.1) is 6.54 Å². The second-order valence-electron chi connectivity index (χ2n) is 7.37. The number of piperidine rings is 1. The van der Waals surface area contributed by atoms with Crippen molar-refractivity contribution in [3.8, 4) is 11.5 Å². The average Bonchev–Trinajstić information content (AvgIpc) is 3.23. The molecule has 0 radical (unpaired) electrons. The third-order valence-corrected chi connectivity index (χ3v) is 4.98. The van der Waals surface area contributed by atoms with Crippen LogP contribution in [-0.2, 0) is 13.0 Å². The number of hydrogen-bond acceptors (Lipinski definition) is 7. The minimum Gasteiger partial charge on any atom is -0.454 e. The molecule has 2 aliphatic rings. The zero-order chi connectivity index (χ0) is 18.1. The van der Waals surface area contributed by atoms with Crippen molar-refractivity contribution >= 4 is 5.91 Å². The summed E-state index contributed by atoms with van der Waals surface area (Å²) in [5.41, 5.74) is 6.55. The second kappa shape index (κ2) is 6.60. The number of primary amides is 1. The topological polar surface area (TPSA) is 104 Å². The highest BCUT2D eigenvalue weighted by Crippen LogP contribution is 2.37. The Bertz CT molecular complexity index is 821. The molecular weight excluding hydrogens is 336 g/mol. The third-order valence-electron chi connectivity index (χ3n) is 4.98. The molecule has 0 saturated carbocycles. The molecule has 1 aromatic heterocycles. The molecule has 0 bridgehead atoms. The lowest BCUT2D eigenvalue weighted by atomic mass is 9.77. The van der Waals surface area contributed by atoms with E-state index < -0.39 is 5.91 Å². The number of ether oxygens (including phenoxy) is 2. The van der Waals surface area contributed by atoms with Crippen LogP contribution in [0.4, 0.5) is 0 Å². The molecule has 2 aromatic rings. The summed E-state index contributed by atoms with van der Waals surface area (Å²) in [5.74, 6) is 1.31. The summed E-state index contributed by atoms with van der Waals surface area (Å²) >= 11 is 0. The molecule has 1 atom stereocenters. The summed E-state index contributed by atoms with van der Waals surface area (Å²) in [4.78, 5) is 17.4. The van der Waals surface area contributed by atoms with Gasteiger partial charge in [-0.25, -0.2) is 0 Å². The van der Waals surface area contributed by atoms with Crippen molar-refractivity contribution in [1.29, 1.82) is 0 Å². The van der Waals surface area contributed by atoms with Crippen molar-refractivity contribution in [1.82, 2.24) is 15.0 Å². The Morgan fingerprint density at radius 2 is 2.19 bits per heavy atom. The number of benzene rings is 1. The minimum absolute atomic E-state index is 0.0693. The first-order valence-electron chi connectivity index (χ1n) is 8.74. The Kier molecular flexibility index (Phi) is 4.28. The first-order valence-corrected chi connectivity index (χ1v) is 8.74. The van der Waals surface area contributed by atoms with E-state index in [2.05, 4.69) is 34.1 Å².